The first-order valence-electron chi connectivity index (χ1n) is 4.35. The van der Waals surface area contributed by atoms with Crippen molar-refractivity contribution in [2.24, 2.45) is 5.73 Å². The number of nitrogens with two attached hydrogens (primary N) is 1. The summed E-state index contributed by atoms with van der Waals surface area (Å²) in [5.41, 5.74) is 5.53. The molecular formula is C8H15N3O2. The highest BCUT2D eigenvalue weighted by Crippen LogP contribution is 2.12. The van der Waals surface area contributed by atoms with Gasteiger partial charge in [0.05, 0.1) is 6.04 Å². The van der Waals surface area contributed by atoms with E-state index in [1.807, 2.05) is 0 Å². The lowest BCUT2D eigenvalue weighted by molar-refractivity contribution is -0.137. The predicted molar refractivity (Wildman–Crippen MR) is 47.8 cm³/mol. The number of hydrogen-bond acceptors (Lipinski definition) is 3. The van der Waals surface area contributed by atoms with E-state index in [1.165, 1.54) is 4.90 Å². The predicted octanol–water partition coefficient (Wildman–Crippen LogP) is -1.32. The van der Waals surface area contributed by atoms with Gasteiger partial charge < -0.3 is 16.0 Å². The molecule has 0 spiro atoms. The molecule has 1 aliphatic rings. The van der Waals surface area contributed by atoms with E-state index >= 15 is 0 Å². The lowest BCUT2D eigenvalue weighted by Gasteiger charge is -2.22. The van der Waals surface area contributed by atoms with E-state index in [4.69, 9.17) is 5.73 Å². The van der Waals surface area contributed by atoms with Gasteiger partial charge in [-0.1, -0.05) is 0 Å². The summed E-state index contributed by atoms with van der Waals surface area (Å²) in [6, 6.07) is -0.835. The molecule has 1 fully saturated rings. The van der Waals surface area contributed by atoms with E-state index in [0.717, 1.165) is 0 Å². The number of hydrogen-bond donors (Lipinski definition) is 2. The Morgan fingerprint density at radius 2 is 2.38 bits per heavy atom. The minimum absolute atomic E-state index is 0.129. The largest absolute Gasteiger partial charge is 0.357 e. The van der Waals surface area contributed by atoms with Gasteiger partial charge in [-0.15, -0.1) is 0 Å². The lowest BCUT2D eigenvalue weighted by Crippen LogP contribution is -2.46. The van der Waals surface area contributed by atoms with Crippen molar-refractivity contribution in [3.05, 3.63) is 0 Å². The van der Waals surface area contributed by atoms with Crippen LogP contribution in [0.5, 0.6) is 0 Å². The van der Waals surface area contributed by atoms with Crippen molar-refractivity contribution in [3.8, 4) is 0 Å². The highest BCUT2D eigenvalue weighted by molar-refractivity contribution is 5.90. The van der Waals surface area contributed by atoms with Crippen molar-refractivity contribution in [3.63, 3.8) is 0 Å². The molecule has 0 aromatic carbocycles. The Balaban J connectivity index is 2.63. The fourth-order valence-corrected chi connectivity index (χ4v) is 1.46. The van der Waals surface area contributed by atoms with Crippen LogP contribution in [0.3, 0.4) is 0 Å². The Kier molecular flexibility index (Phi) is 2.87. The number of likely N-dealkylation sites (tertiary alicyclic amines) is 1. The maximum absolute atomic E-state index is 11.4. The molecule has 5 nitrogen and oxygen atoms in total. The molecule has 0 bridgehead atoms. The van der Waals surface area contributed by atoms with Gasteiger partial charge in [-0.3, -0.25) is 9.59 Å². The van der Waals surface area contributed by atoms with Crippen LogP contribution in [0.25, 0.3) is 0 Å². The highest BCUT2D eigenvalue weighted by Gasteiger charge is 2.34. The van der Waals surface area contributed by atoms with E-state index in [-0.39, 0.29) is 11.8 Å². The molecule has 0 aromatic heterocycles. The molecule has 13 heavy (non-hydrogen) atoms. The molecule has 0 aromatic rings. The van der Waals surface area contributed by atoms with Gasteiger partial charge >= 0.3 is 0 Å². The Morgan fingerprint density at radius 3 is 2.77 bits per heavy atom. The van der Waals surface area contributed by atoms with Gasteiger partial charge in [-0.2, -0.15) is 0 Å². The third kappa shape index (κ3) is 1.80. The first-order chi connectivity index (χ1) is 6.07. The minimum atomic E-state index is -0.424. The Labute approximate surface area is 77.3 Å². The van der Waals surface area contributed by atoms with Gasteiger partial charge in [-0.05, 0) is 13.3 Å². The zero-order valence-corrected chi connectivity index (χ0v) is 7.91. The second-order valence-corrected chi connectivity index (χ2v) is 3.22. The molecule has 2 amide bonds. The monoisotopic (exact) mass is 185 g/mol. The van der Waals surface area contributed by atoms with Crippen molar-refractivity contribution in [1.29, 1.82) is 0 Å². The molecule has 1 aliphatic heterocycles. The summed E-state index contributed by atoms with van der Waals surface area (Å²) >= 11 is 0. The van der Waals surface area contributed by atoms with E-state index in [2.05, 4.69) is 5.32 Å². The molecule has 1 heterocycles. The van der Waals surface area contributed by atoms with Crippen LogP contribution in [0.4, 0.5) is 0 Å². The standard InChI is InChI=1S/C8H15N3O2/c1-5(7(12)10-2)11-4-3-6(9)8(11)13/h5-6H,3-4,9H2,1-2H3,(H,10,12). The Hall–Kier alpha value is -1.10. The van der Waals surface area contributed by atoms with Crippen LogP contribution in [0.2, 0.25) is 0 Å². The SMILES string of the molecule is CNC(=O)C(C)N1CCC(N)C1=O. The smallest absolute Gasteiger partial charge is 0.242 e. The Morgan fingerprint density at radius 1 is 1.77 bits per heavy atom. The zero-order valence-electron chi connectivity index (χ0n) is 7.91. The van der Waals surface area contributed by atoms with Crippen molar-refractivity contribution in [1.82, 2.24) is 10.2 Å². The van der Waals surface area contributed by atoms with Crippen LogP contribution in [-0.2, 0) is 9.59 Å². The van der Waals surface area contributed by atoms with E-state index in [9.17, 15) is 9.59 Å². The maximum Gasteiger partial charge on any atom is 0.242 e. The fourth-order valence-electron chi connectivity index (χ4n) is 1.46. The molecular weight excluding hydrogens is 170 g/mol. The summed E-state index contributed by atoms with van der Waals surface area (Å²) in [7, 11) is 1.55. The molecule has 5 heteroatoms. The molecule has 1 saturated heterocycles. The van der Waals surface area contributed by atoms with Crippen molar-refractivity contribution in [2.75, 3.05) is 13.6 Å². The summed E-state index contributed by atoms with van der Waals surface area (Å²) in [4.78, 5) is 24.1. The van der Waals surface area contributed by atoms with Gasteiger partial charge in [0.1, 0.15) is 6.04 Å². The van der Waals surface area contributed by atoms with Crippen LogP contribution >= 0.6 is 0 Å². The number of nitrogens with zero attached hydrogens (tertiary/aromatic N) is 1. The molecule has 2 atom stereocenters. The number of rotatable bonds is 2. The third-order valence-electron chi connectivity index (χ3n) is 2.37. The van der Waals surface area contributed by atoms with E-state index < -0.39 is 12.1 Å². The minimum Gasteiger partial charge on any atom is -0.357 e. The molecule has 0 radical (unpaired) electrons. The quantitative estimate of drug-likeness (QED) is 0.560. The normalized spacial score (nSPS) is 24.7. The molecule has 1 rings (SSSR count). The molecule has 74 valence electrons. The lowest BCUT2D eigenvalue weighted by atomic mass is 10.2. The van der Waals surface area contributed by atoms with Crippen molar-refractivity contribution >= 4 is 11.8 Å². The molecule has 0 saturated carbocycles. The summed E-state index contributed by atoms with van der Waals surface area (Å²) in [5, 5.41) is 2.50. The highest BCUT2D eigenvalue weighted by atomic mass is 16.2. The number of carbonyl (C=O) groups excluding carboxylic acids is 2. The average Bonchev–Trinajstić information content (AvgIpc) is 2.45. The molecule has 3 N–H and O–H groups in total. The van der Waals surface area contributed by atoms with Gasteiger partial charge in [0.25, 0.3) is 0 Å². The molecule has 2 unspecified atom stereocenters. The fraction of sp³-hybridized carbons (Fsp3) is 0.750. The summed E-state index contributed by atoms with van der Waals surface area (Å²) in [5.74, 6) is -0.279. The van der Waals surface area contributed by atoms with E-state index in [0.29, 0.717) is 13.0 Å². The zero-order chi connectivity index (χ0) is 10.0. The van der Waals surface area contributed by atoms with Gasteiger partial charge in [0.2, 0.25) is 11.8 Å². The van der Waals surface area contributed by atoms with Crippen LogP contribution < -0.4 is 11.1 Å². The van der Waals surface area contributed by atoms with Crippen LogP contribution in [0, 0.1) is 0 Å². The number of amides is 2. The van der Waals surface area contributed by atoms with Crippen LogP contribution in [0.1, 0.15) is 13.3 Å². The second kappa shape index (κ2) is 3.74. The summed E-state index contributed by atoms with van der Waals surface area (Å²) < 4.78 is 0. The van der Waals surface area contributed by atoms with Gasteiger partial charge in [0.15, 0.2) is 0 Å². The summed E-state index contributed by atoms with van der Waals surface area (Å²) in [6.45, 7) is 2.28. The van der Waals surface area contributed by atoms with Crippen LogP contribution in [-0.4, -0.2) is 42.4 Å². The maximum atomic E-state index is 11.4. The van der Waals surface area contributed by atoms with Gasteiger partial charge in [-0.25, -0.2) is 0 Å². The van der Waals surface area contributed by atoms with Crippen molar-refractivity contribution < 1.29 is 9.59 Å². The third-order valence-corrected chi connectivity index (χ3v) is 2.37. The number of carbonyl (C=O) groups is 2. The second-order valence-electron chi connectivity index (χ2n) is 3.22. The average molecular weight is 185 g/mol. The van der Waals surface area contributed by atoms with Crippen molar-refractivity contribution in [2.45, 2.75) is 25.4 Å². The first-order valence-corrected chi connectivity index (χ1v) is 4.35. The molecule has 0 aliphatic carbocycles. The van der Waals surface area contributed by atoms with E-state index in [1.54, 1.807) is 14.0 Å². The van der Waals surface area contributed by atoms with Gasteiger partial charge in [0, 0.05) is 13.6 Å². The first kappa shape index (κ1) is 9.98. The van der Waals surface area contributed by atoms with Crippen LogP contribution in [0.15, 0.2) is 0 Å². The number of nitrogens with one attached hydrogen (secondary N) is 1. The number of likely N-dealkylation sites (N-methyl/N-ethyl adjacent to an activating group) is 1. The topological polar surface area (TPSA) is 75.4 Å². The summed E-state index contributed by atoms with van der Waals surface area (Å²) in [6.07, 6.45) is 0.639. The Bertz CT molecular complexity index is 229.